The smallest absolute Gasteiger partial charge is 0.243 e. The number of nitrogens with zero attached hydrogens (tertiary/aromatic N) is 1. The van der Waals surface area contributed by atoms with Gasteiger partial charge in [0.25, 0.3) is 0 Å². The van der Waals surface area contributed by atoms with E-state index in [1.165, 1.54) is 24.3 Å². The number of hydrogen-bond donors (Lipinski definition) is 1. The predicted molar refractivity (Wildman–Crippen MR) is 101 cm³/mol. The van der Waals surface area contributed by atoms with Crippen LogP contribution in [0, 0.1) is 5.82 Å². The van der Waals surface area contributed by atoms with Gasteiger partial charge in [0.15, 0.2) is 0 Å². The molecule has 26 heavy (non-hydrogen) atoms. The highest BCUT2D eigenvalue weighted by molar-refractivity contribution is 7.92. The van der Waals surface area contributed by atoms with Gasteiger partial charge in [-0.3, -0.25) is 9.10 Å². The molecule has 1 atom stereocenters. The molecule has 0 fully saturated rings. The third-order valence-corrected chi connectivity index (χ3v) is 5.15. The Morgan fingerprint density at radius 3 is 2.27 bits per heavy atom. The Kier molecular flexibility index (Phi) is 6.74. The highest BCUT2D eigenvalue weighted by Gasteiger charge is 2.31. The number of anilines is 1. The molecule has 0 aliphatic rings. The third-order valence-electron chi connectivity index (χ3n) is 3.97. The molecule has 2 rings (SSSR count). The van der Waals surface area contributed by atoms with Crippen LogP contribution >= 0.6 is 0 Å². The molecule has 0 aliphatic heterocycles. The Hall–Kier alpha value is -2.41. The number of amides is 1. The lowest BCUT2D eigenvalue weighted by Gasteiger charge is -2.30. The molecular formula is C19H23FN2O3S. The van der Waals surface area contributed by atoms with Crippen LogP contribution in [-0.2, 0) is 21.2 Å². The molecule has 0 saturated carbocycles. The van der Waals surface area contributed by atoms with Crippen LogP contribution in [0.2, 0.25) is 0 Å². The molecule has 0 bridgehead atoms. The Balaban J connectivity index is 2.13. The topological polar surface area (TPSA) is 66.5 Å². The summed E-state index contributed by atoms with van der Waals surface area (Å²) in [6, 6.07) is 13.9. The zero-order chi connectivity index (χ0) is 19.2. The van der Waals surface area contributed by atoms with Gasteiger partial charge in [0.2, 0.25) is 15.9 Å². The second-order valence-corrected chi connectivity index (χ2v) is 7.85. The number of benzene rings is 2. The molecule has 0 aromatic heterocycles. The van der Waals surface area contributed by atoms with Gasteiger partial charge in [-0.1, -0.05) is 37.3 Å². The molecule has 1 amide bonds. The second kappa shape index (κ2) is 8.80. The van der Waals surface area contributed by atoms with Gasteiger partial charge < -0.3 is 5.32 Å². The van der Waals surface area contributed by atoms with Crippen LogP contribution in [-0.4, -0.2) is 33.2 Å². The van der Waals surface area contributed by atoms with E-state index in [-0.39, 0.29) is 11.6 Å². The number of sulfonamides is 1. The van der Waals surface area contributed by atoms with E-state index in [1.807, 2.05) is 30.3 Å². The van der Waals surface area contributed by atoms with Crippen LogP contribution in [0.15, 0.2) is 54.6 Å². The summed E-state index contributed by atoms with van der Waals surface area (Å²) in [5.74, 6) is -0.847. The Bertz CT molecular complexity index is 824. The number of rotatable bonds is 8. The van der Waals surface area contributed by atoms with Crippen LogP contribution < -0.4 is 9.62 Å². The largest absolute Gasteiger partial charge is 0.354 e. The maximum absolute atomic E-state index is 13.2. The van der Waals surface area contributed by atoms with Crippen LogP contribution in [0.4, 0.5) is 10.1 Å². The van der Waals surface area contributed by atoms with Crippen LogP contribution in [0.1, 0.15) is 18.9 Å². The fourth-order valence-electron chi connectivity index (χ4n) is 2.74. The van der Waals surface area contributed by atoms with Crippen molar-refractivity contribution in [3.63, 3.8) is 0 Å². The van der Waals surface area contributed by atoms with Gasteiger partial charge in [0.1, 0.15) is 11.9 Å². The minimum absolute atomic E-state index is 0.263. The van der Waals surface area contributed by atoms with Crippen LogP contribution in [0.25, 0.3) is 0 Å². The SMILES string of the molecule is CCC(C(=O)NCCc1ccccc1)N(c1ccc(F)cc1)S(C)(=O)=O. The average Bonchev–Trinajstić information content (AvgIpc) is 2.60. The quantitative estimate of drug-likeness (QED) is 0.768. The first-order valence-electron chi connectivity index (χ1n) is 8.39. The third kappa shape index (κ3) is 5.29. The van der Waals surface area contributed by atoms with Gasteiger partial charge in [-0.25, -0.2) is 12.8 Å². The molecular weight excluding hydrogens is 355 g/mol. The number of nitrogens with one attached hydrogen (secondary N) is 1. The van der Waals surface area contributed by atoms with E-state index in [0.29, 0.717) is 19.4 Å². The predicted octanol–water partition coefficient (Wildman–Crippen LogP) is 2.73. The summed E-state index contributed by atoms with van der Waals surface area (Å²) in [7, 11) is -3.71. The molecule has 0 saturated heterocycles. The normalized spacial score (nSPS) is 12.4. The minimum Gasteiger partial charge on any atom is -0.354 e. The summed E-state index contributed by atoms with van der Waals surface area (Å²) in [6.07, 6.45) is 1.98. The monoisotopic (exact) mass is 378 g/mol. The van der Waals surface area contributed by atoms with Crippen LogP contribution in [0.5, 0.6) is 0 Å². The van der Waals surface area contributed by atoms with E-state index in [9.17, 15) is 17.6 Å². The molecule has 1 N–H and O–H groups in total. The first kappa shape index (κ1) is 19.9. The molecule has 5 nitrogen and oxygen atoms in total. The maximum Gasteiger partial charge on any atom is 0.243 e. The molecule has 0 heterocycles. The van der Waals surface area contributed by atoms with Crippen LogP contribution in [0.3, 0.4) is 0 Å². The number of carbonyl (C=O) groups is 1. The molecule has 0 radical (unpaired) electrons. The summed E-state index contributed by atoms with van der Waals surface area (Å²) in [5.41, 5.74) is 1.35. The number of carbonyl (C=O) groups excluding carboxylic acids is 1. The molecule has 2 aromatic carbocycles. The lowest BCUT2D eigenvalue weighted by atomic mass is 10.1. The van der Waals surface area contributed by atoms with Crippen molar-refractivity contribution >= 4 is 21.6 Å². The molecule has 140 valence electrons. The fourth-order valence-corrected chi connectivity index (χ4v) is 3.95. The van der Waals surface area contributed by atoms with Crippen molar-refractivity contribution in [3.8, 4) is 0 Å². The van der Waals surface area contributed by atoms with Crippen molar-refractivity contribution in [3.05, 3.63) is 66.0 Å². The highest BCUT2D eigenvalue weighted by Crippen LogP contribution is 2.22. The van der Waals surface area contributed by atoms with Gasteiger partial charge in [-0.15, -0.1) is 0 Å². The minimum atomic E-state index is -3.71. The fraction of sp³-hybridized carbons (Fsp3) is 0.316. The van der Waals surface area contributed by atoms with E-state index < -0.39 is 21.9 Å². The van der Waals surface area contributed by atoms with Crippen molar-refractivity contribution in [1.82, 2.24) is 5.32 Å². The summed E-state index contributed by atoms with van der Waals surface area (Å²) in [6.45, 7) is 2.14. The average molecular weight is 378 g/mol. The molecule has 0 aliphatic carbocycles. The lowest BCUT2D eigenvalue weighted by Crippen LogP contribution is -2.49. The van der Waals surface area contributed by atoms with Gasteiger partial charge in [-0.05, 0) is 42.7 Å². The first-order valence-corrected chi connectivity index (χ1v) is 10.2. The zero-order valence-corrected chi connectivity index (χ0v) is 15.7. The maximum atomic E-state index is 13.2. The summed E-state index contributed by atoms with van der Waals surface area (Å²) >= 11 is 0. The molecule has 0 spiro atoms. The zero-order valence-electron chi connectivity index (χ0n) is 14.9. The standard InChI is InChI=1S/C19H23FN2O3S/c1-3-18(19(23)21-14-13-15-7-5-4-6-8-15)22(26(2,24)25)17-11-9-16(20)10-12-17/h4-12,18H,3,13-14H2,1-2H3,(H,21,23). The Morgan fingerprint density at radius 2 is 1.73 bits per heavy atom. The Morgan fingerprint density at radius 1 is 1.12 bits per heavy atom. The van der Waals surface area contributed by atoms with Gasteiger partial charge in [0.05, 0.1) is 11.9 Å². The van der Waals surface area contributed by atoms with Gasteiger partial charge in [-0.2, -0.15) is 0 Å². The molecule has 2 aromatic rings. The van der Waals surface area contributed by atoms with E-state index in [0.717, 1.165) is 16.1 Å². The van der Waals surface area contributed by atoms with Gasteiger partial charge in [0, 0.05) is 6.54 Å². The van der Waals surface area contributed by atoms with Crippen molar-refractivity contribution in [2.45, 2.75) is 25.8 Å². The molecule has 7 heteroatoms. The number of halogens is 1. The van der Waals surface area contributed by atoms with E-state index in [4.69, 9.17) is 0 Å². The first-order chi connectivity index (χ1) is 12.3. The highest BCUT2D eigenvalue weighted by atomic mass is 32.2. The van der Waals surface area contributed by atoms with E-state index >= 15 is 0 Å². The van der Waals surface area contributed by atoms with Crippen molar-refractivity contribution in [2.24, 2.45) is 0 Å². The lowest BCUT2D eigenvalue weighted by molar-refractivity contribution is -0.122. The van der Waals surface area contributed by atoms with E-state index in [2.05, 4.69) is 5.32 Å². The Labute approximate surface area is 153 Å². The summed E-state index contributed by atoms with van der Waals surface area (Å²) in [5, 5.41) is 2.80. The van der Waals surface area contributed by atoms with Crippen molar-refractivity contribution in [1.29, 1.82) is 0 Å². The summed E-state index contributed by atoms with van der Waals surface area (Å²) < 4.78 is 38.8. The second-order valence-electron chi connectivity index (χ2n) is 5.99. The number of hydrogen-bond acceptors (Lipinski definition) is 3. The summed E-state index contributed by atoms with van der Waals surface area (Å²) in [4.78, 5) is 12.6. The van der Waals surface area contributed by atoms with Crippen molar-refractivity contribution < 1.29 is 17.6 Å². The van der Waals surface area contributed by atoms with Crippen molar-refractivity contribution in [2.75, 3.05) is 17.1 Å². The molecule has 1 unspecified atom stereocenters. The van der Waals surface area contributed by atoms with E-state index in [1.54, 1.807) is 6.92 Å². The van der Waals surface area contributed by atoms with Gasteiger partial charge >= 0.3 is 0 Å².